The van der Waals surface area contributed by atoms with Crippen LogP contribution in [-0.4, -0.2) is 40.1 Å². The highest BCUT2D eigenvalue weighted by molar-refractivity contribution is 5.77. The monoisotopic (exact) mass is 240 g/mol. The Balaban J connectivity index is 1.87. The second kappa shape index (κ2) is 4.58. The first-order valence-electron chi connectivity index (χ1n) is 6.69. The third kappa shape index (κ3) is 3.19. The lowest BCUT2D eigenvalue weighted by Crippen LogP contribution is -2.50. The van der Waals surface area contributed by atoms with Gasteiger partial charge >= 0.3 is 0 Å². The van der Waals surface area contributed by atoms with Crippen LogP contribution < -0.4 is 5.73 Å². The molecule has 2 fully saturated rings. The molecule has 4 nitrogen and oxygen atoms in total. The van der Waals surface area contributed by atoms with Gasteiger partial charge in [0.05, 0.1) is 5.60 Å². The van der Waals surface area contributed by atoms with Gasteiger partial charge in [-0.2, -0.15) is 0 Å². The summed E-state index contributed by atoms with van der Waals surface area (Å²) in [5.41, 5.74) is 5.27. The molecule has 1 unspecified atom stereocenters. The van der Waals surface area contributed by atoms with Gasteiger partial charge in [-0.3, -0.25) is 4.79 Å². The maximum atomic E-state index is 12.1. The van der Waals surface area contributed by atoms with Crippen LogP contribution in [0.4, 0.5) is 0 Å². The molecule has 1 aliphatic heterocycles. The van der Waals surface area contributed by atoms with Crippen molar-refractivity contribution in [2.75, 3.05) is 13.1 Å². The number of carbonyl (C=O) groups excluding carboxylic acids is 1. The second-order valence-electron chi connectivity index (χ2n) is 6.12. The Bertz CT molecular complexity index is 298. The topological polar surface area (TPSA) is 66.6 Å². The second-order valence-corrected chi connectivity index (χ2v) is 6.12. The molecule has 0 bridgehead atoms. The van der Waals surface area contributed by atoms with Crippen molar-refractivity contribution in [3.05, 3.63) is 0 Å². The lowest BCUT2D eigenvalue weighted by atomic mass is 9.75. The molecule has 0 aromatic rings. The van der Waals surface area contributed by atoms with Gasteiger partial charge in [0.2, 0.25) is 5.91 Å². The fraction of sp³-hybridized carbons (Fsp3) is 0.923. The van der Waals surface area contributed by atoms with Crippen LogP contribution in [0.5, 0.6) is 0 Å². The molecule has 0 spiro atoms. The molecule has 1 saturated heterocycles. The zero-order valence-corrected chi connectivity index (χ0v) is 10.7. The van der Waals surface area contributed by atoms with Gasteiger partial charge in [-0.05, 0) is 45.4 Å². The molecule has 1 heterocycles. The third-order valence-electron chi connectivity index (χ3n) is 4.27. The molecule has 0 radical (unpaired) electrons. The lowest BCUT2D eigenvalue weighted by molar-refractivity contribution is -0.133. The molecular weight excluding hydrogens is 216 g/mol. The van der Waals surface area contributed by atoms with Gasteiger partial charge in [-0.25, -0.2) is 0 Å². The summed E-state index contributed by atoms with van der Waals surface area (Å²) in [5.74, 6) is 0.171. The number of nitrogens with zero attached hydrogens (tertiary/aromatic N) is 1. The predicted octanol–water partition coefficient (Wildman–Crippen LogP) is 1.02. The summed E-state index contributed by atoms with van der Waals surface area (Å²) in [4.78, 5) is 14.0. The van der Waals surface area contributed by atoms with E-state index >= 15 is 0 Å². The van der Waals surface area contributed by atoms with E-state index in [4.69, 9.17) is 5.73 Å². The van der Waals surface area contributed by atoms with Crippen molar-refractivity contribution in [3.8, 4) is 0 Å². The van der Waals surface area contributed by atoms with Crippen molar-refractivity contribution >= 4 is 5.91 Å². The van der Waals surface area contributed by atoms with Crippen LogP contribution in [0, 0.1) is 0 Å². The highest BCUT2D eigenvalue weighted by atomic mass is 16.3. The minimum absolute atomic E-state index is 0.171. The Morgan fingerprint density at radius 2 is 1.94 bits per heavy atom. The minimum Gasteiger partial charge on any atom is -0.390 e. The van der Waals surface area contributed by atoms with E-state index < -0.39 is 5.60 Å². The van der Waals surface area contributed by atoms with E-state index in [9.17, 15) is 9.90 Å². The molecule has 4 heteroatoms. The average Bonchev–Trinajstić information content (AvgIpc) is 2.37. The number of aliphatic hydroxyl groups is 1. The average molecular weight is 240 g/mol. The van der Waals surface area contributed by atoms with Crippen molar-refractivity contribution < 1.29 is 9.90 Å². The smallest absolute Gasteiger partial charge is 0.224 e. The van der Waals surface area contributed by atoms with Gasteiger partial charge < -0.3 is 15.7 Å². The van der Waals surface area contributed by atoms with E-state index in [-0.39, 0.29) is 11.4 Å². The number of rotatable bonds is 2. The zero-order chi connectivity index (χ0) is 12.5. The van der Waals surface area contributed by atoms with Crippen molar-refractivity contribution in [3.63, 3.8) is 0 Å². The fourth-order valence-corrected chi connectivity index (χ4v) is 2.73. The van der Waals surface area contributed by atoms with Crippen LogP contribution in [0.25, 0.3) is 0 Å². The van der Waals surface area contributed by atoms with Gasteiger partial charge in [0.1, 0.15) is 0 Å². The van der Waals surface area contributed by atoms with Crippen LogP contribution in [0.2, 0.25) is 0 Å². The molecule has 0 aromatic carbocycles. The molecule has 98 valence electrons. The Morgan fingerprint density at radius 3 is 2.53 bits per heavy atom. The van der Waals surface area contributed by atoms with Gasteiger partial charge in [-0.1, -0.05) is 0 Å². The maximum absolute atomic E-state index is 12.1. The van der Waals surface area contributed by atoms with Crippen LogP contribution >= 0.6 is 0 Å². The summed E-state index contributed by atoms with van der Waals surface area (Å²) in [6.45, 7) is 3.30. The molecule has 2 aliphatic rings. The highest BCUT2D eigenvalue weighted by Crippen LogP contribution is 2.33. The van der Waals surface area contributed by atoms with E-state index in [0.29, 0.717) is 19.4 Å². The number of amides is 1. The van der Waals surface area contributed by atoms with Crippen LogP contribution in [0.15, 0.2) is 0 Å². The molecule has 3 N–H and O–H groups in total. The van der Waals surface area contributed by atoms with E-state index in [1.165, 1.54) is 0 Å². The fourth-order valence-electron chi connectivity index (χ4n) is 2.73. The Labute approximate surface area is 103 Å². The van der Waals surface area contributed by atoms with Crippen molar-refractivity contribution in [1.29, 1.82) is 0 Å². The molecule has 2 rings (SSSR count). The minimum atomic E-state index is -0.605. The maximum Gasteiger partial charge on any atom is 0.224 e. The largest absolute Gasteiger partial charge is 0.390 e. The predicted molar refractivity (Wildman–Crippen MR) is 66.4 cm³/mol. The van der Waals surface area contributed by atoms with E-state index in [1.54, 1.807) is 0 Å². The molecule has 17 heavy (non-hydrogen) atoms. The normalized spacial score (nSPS) is 32.8. The first-order valence-corrected chi connectivity index (χ1v) is 6.69. The number of nitrogens with two attached hydrogens (primary N) is 1. The number of hydrogen-bond donors (Lipinski definition) is 2. The summed E-state index contributed by atoms with van der Waals surface area (Å²) >= 11 is 0. The first-order chi connectivity index (χ1) is 7.90. The molecule has 1 saturated carbocycles. The molecule has 1 aliphatic carbocycles. The molecule has 0 aromatic heterocycles. The Kier molecular flexibility index (Phi) is 3.46. The summed E-state index contributed by atoms with van der Waals surface area (Å²) in [7, 11) is 0. The van der Waals surface area contributed by atoms with Crippen molar-refractivity contribution in [1.82, 2.24) is 4.90 Å². The summed E-state index contributed by atoms with van der Waals surface area (Å²) in [6.07, 6.45) is 5.93. The zero-order valence-electron chi connectivity index (χ0n) is 10.7. The van der Waals surface area contributed by atoms with Crippen LogP contribution in [0.3, 0.4) is 0 Å². The molecular formula is C13H24N2O2. The Hall–Kier alpha value is -0.610. The van der Waals surface area contributed by atoms with E-state index in [2.05, 4.69) is 0 Å². The highest BCUT2D eigenvalue weighted by Gasteiger charge is 2.36. The van der Waals surface area contributed by atoms with Crippen LogP contribution in [-0.2, 0) is 4.79 Å². The number of carbonyl (C=O) groups is 1. The number of likely N-dealkylation sites (tertiary alicyclic amines) is 1. The SMILES string of the molecule is CC1(O)CCCN(C(=O)CC2(N)CCC2)CC1. The third-order valence-corrected chi connectivity index (χ3v) is 4.27. The van der Waals surface area contributed by atoms with Gasteiger partial charge in [0, 0.05) is 25.0 Å². The van der Waals surface area contributed by atoms with Gasteiger partial charge in [0.25, 0.3) is 0 Å². The lowest BCUT2D eigenvalue weighted by Gasteiger charge is -2.38. The quantitative estimate of drug-likeness (QED) is 0.757. The van der Waals surface area contributed by atoms with Gasteiger partial charge in [-0.15, -0.1) is 0 Å². The molecule has 1 atom stereocenters. The number of hydrogen-bond acceptors (Lipinski definition) is 3. The summed E-state index contributed by atoms with van der Waals surface area (Å²) in [6, 6.07) is 0. The van der Waals surface area contributed by atoms with Crippen molar-refractivity contribution in [2.24, 2.45) is 5.73 Å². The Morgan fingerprint density at radius 1 is 1.24 bits per heavy atom. The van der Waals surface area contributed by atoms with E-state index in [0.717, 1.165) is 38.6 Å². The summed E-state index contributed by atoms with van der Waals surface area (Å²) in [5, 5.41) is 9.98. The summed E-state index contributed by atoms with van der Waals surface area (Å²) < 4.78 is 0. The van der Waals surface area contributed by atoms with Gasteiger partial charge in [0.15, 0.2) is 0 Å². The molecule has 1 amide bonds. The van der Waals surface area contributed by atoms with Crippen molar-refractivity contribution in [2.45, 2.75) is 63.0 Å². The standard InChI is InChI=1S/C13H24N2O2/c1-12(17)4-3-8-15(9-7-12)11(16)10-13(14)5-2-6-13/h17H,2-10,14H2,1H3. The first kappa shape index (κ1) is 12.8. The van der Waals surface area contributed by atoms with E-state index in [1.807, 2.05) is 11.8 Å². The van der Waals surface area contributed by atoms with Crippen LogP contribution in [0.1, 0.15) is 51.9 Å².